The third kappa shape index (κ3) is 2.87. The molecular formula is C14H19ClN4O2. The molecular weight excluding hydrogens is 292 g/mol. The molecule has 2 aromatic rings. The molecule has 2 aromatic heterocycles. The molecule has 7 heteroatoms. The van der Waals surface area contributed by atoms with Crippen molar-refractivity contribution in [3.05, 3.63) is 23.0 Å². The number of amides is 1. The number of hydrogen-bond donors (Lipinski definition) is 1. The second-order valence-corrected chi connectivity index (χ2v) is 5.41. The van der Waals surface area contributed by atoms with E-state index in [4.69, 9.17) is 10.3 Å². The zero-order chi connectivity index (χ0) is 14.3. The Hall–Kier alpha value is -1.66. The van der Waals surface area contributed by atoms with Crippen LogP contribution in [0.25, 0.3) is 11.1 Å². The molecule has 114 valence electrons. The fraction of sp³-hybridized carbons (Fsp3) is 0.500. The predicted octanol–water partition coefficient (Wildman–Crippen LogP) is 1.82. The maximum atomic E-state index is 12.7. The molecule has 1 amide bonds. The van der Waals surface area contributed by atoms with Crippen molar-refractivity contribution in [1.82, 2.24) is 15.0 Å². The highest BCUT2D eigenvalue weighted by molar-refractivity contribution is 6.06. The fourth-order valence-corrected chi connectivity index (χ4v) is 2.75. The molecule has 0 radical (unpaired) electrons. The molecule has 1 saturated heterocycles. The zero-order valence-corrected chi connectivity index (χ0v) is 12.9. The number of nitrogens with zero attached hydrogens (tertiary/aromatic N) is 3. The minimum absolute atomic E-state index is 0. The molecule has 0 spiro atoms. The molecule has 1 fully saturated rings. The van der Waals surface area contributed by atoms with Gasteiger partial charge < -0.3 is 15.2 Å². The van der Waals surface area contributed by atoms with Crippen molar-refractivity contribution in [1.29, 1.82) is 0 Å². The lowest BCUT2D eigenvalue weighted by Crippen LogP contribution is -2.45. The molecule has 1 atom stereocenters. The number of rotatable bonds is 1. The molecule has 0 aliphatic carbocycles. The van der Waals surface area contributed by atoms with Gasteiger partial charge in [-0.2, -0.15) is 0 Å². The number of carbonyl (C=O) groups is 1. The van der Waals surface area contributed by atoms with E-state index < -0.39 is 0 Å². The first-order valence-electron chi connectivity index (χ1n) is 6.84. The fourth-order valence-electron chi connectivity index (χ4n) is 2.75. The lowest BCUT2D eigenvalue weighted by molar-refractivity contribution is 0.0710. The monoisotopic (exact) mass is 310 g/mol. The van der Waals surface area contributed by atoms with Crippen LogP contribution in [0.3, 0.4) is 0 Å². The third-order valence-corrected chi connectivity index (χ3v) is 3.72. The van der Waals surface area contributed by atoms with E-state index in [1.165, 1.54) is 0 Å². The molecule has 3 rings (SSSR count). The molecule has 3 heterocycles. The molecule has 1 aliphatic heterocycles. The van der Waals surface area contributed by atoms with E-state index in [9.17, 15) is 4.79 Å². The lowest BCUT2D eigenvalue weighted by Gasteiger charge is -2.31. The highest BCUT2D eigenvalue weighted by Gasteiger charge is 2.25. The first-order chi connectivity index (χ1) is 9.56. The van der Waals surface area contributed by atoms with Crippen molar-refractivity contribution in [3.63, 3.8) is 0 Å². The Balaban J connectivity index is 0.00000161. The average Bonchev–Trinajstić information content (AvgIpc) is 2.78. The number of aryl methyl sites for hydroxylation is 2. The molecule has 2 N–H and O–H groups in total. The normalized spacial score (nSPS) is 18.6. The summed E-state index contributed by atoms with van der Waals surface area (Å²) >= 11 is 0. The van der Waals surface area contributed by atoms with Gasteiger partial charge >= 0.3 is 0 Å². The largest absolute Gasteiger partial charge is 0.337 e. The number of aromatic nitrogens is 2. The minimum atomic E-state index is -0.0121. The second-order valence-electron chi connectivity index (χ2n) is 5.41. The van der Waals surface area contributed by atoms with Gasteiger partial charge in [-0.3, -0.25) is 4.79 Å². The van der Waals surface area contributed by atoms with Gasteiger partial charge in [0.1, 0.15) is 0 Å². The van der Waals surface area contributed by atoms with E-state index in [-0.39, 0.29) is 24.4 Å². The highest BCUT2D eigenvalue weighted by Crippen LogP contribution is 2.24. The number of fused-ring (bicyclic) bond motifs is 1. The van der Waals surface area contributed by atoms with E-state index in [2.05, 4.69) is 10.1 Å². The van der Waals surface area contributed by atoms with Gasteiger partial charge in [0.2, 0.25) is 0 Å². The van der Waals surface area contributed by atoms with Crippen molar-refractivity contribution in [2.24, 2.45) is 5.73 Å². The van der Waals surface area contributed by atoms with E-state index in [0.29, 0.717) is 28.9 Å². The minimum Gasteiger partial charge on any atom is -0.337 e. The van der Waals surface area contributed by atoms with Crippen LogP contribution < -0.4 is 5.73 Å². The first kappa shape index (κ1) is 15.7. The number of nitrogens with two attached hydrogens (primary N) is 1. The summed E-state index contributed by atoms with van der Waals surface area (Å²) in [6.07, 6.45) is 1.92. The van der Waals surface area contributed by atoms with E-state index in [1.54, 1.807) is 6.07 Å². The van der Waals surface area contributed by atoms with Gasteiger partial charge in [0.15, 0.2) is 0 Å². The van der Waals surface area contributed by atoms with Gasteiger partial charge in [0, 0.05) is 24.8 Å². The molecule has 6 nitrogen and oxygen atoms in total. The van der Waals surface area contributed by atoms with E-state index in [0.717, 1.165) is 25.1 Å². The smallest absolute Gasteiger partial charge is 0.258 e. The Morgan fingerprint density at radius 1 is 1.48 bits per heavy atom. The summed E-state index contributed by atoms with van der Waals surface area (Å²) in [5.74, 6) is -0.0121. The molecule has 1 aliphatic rings. The van der Waals surface area contributed by atoms with Crippen molar-refractivity contribution < 1.29 is 9.32 Å². The number of piperidine rings is 1. The summed E-state index contributed by atoms with van der Waals surface area (Å²) in [6.45, 7) is 5.02. The van der Waals surface area contributed by atoms with Crippen LogP contribution in [-0.4, -0.2) is 40.1 Å². The molecule has 1 unspecified atom stereocenters. The summed E-state index contributed by atoms with van der Waals surface area (Å²) in [5.41, 5.74) is 8.43. The Morgan fingerprint density at radius 3 is 2.95 bits per heavy atom. The van der Waals surface area contributed by atoms with Gasteiger partial charge in [-0.15, -0.1) is 12.4 Å². The molecule has 0 bridgehead atoms. The summed E-state index contributed by atoms with van der Waals surface area (Å²) in [5, 5.41) is 4.62. The quantitative estimate of drug-likeness (QED) is 0.868. The van der Waals surface area contributed by atoms with Crippen molar-refractivity contribution >= 4 is 29.4 Å². The van der Waals surface area contributed by atoms with Gasteiger partial charge in [0.25, 0.3) is 11.6 Å². The topological polar surface area (TPSA) is 85.2 Å². The van der Waals surface area contributed by atoms with E-state index in [1.807, 2.05) is 18.7 Å². The van der Waals surface area contributed by atoms with Gasteiger partial charge in [-0.1, -0.05) is 5.16 Å². The molecule has 21 heavy (non-hydrogen) atoms. The Bertz CT molecular complexity index is 670. The summed E-state index contributed by atoms with van der Waals surface area (Å²) in [6, 6.07) is 1.87. The Morgan fingerprint density at radius 2 is 2.24 bits per heavy atom. The van der Waals surface area contributed by atoms with Crippen molar-refractivity contribution in [2.45, 2.75) is 32.7 Å². The molecule has 0 saturated carbocycles. The number of pyridine rings is 1. The SMILES string of the molecule is Cc1cc(C(=O)N2CCCC(N)C2)c2c(C)noc2n1.Cl. The average molecular weight is 311 g/mol. The van der Waals surface area contributed by atoms with Crippen LogP contribution in [0.1, 0.15) is 34.6 Å². The number of hydrogen-bond acceptors (Lipinski definition) is 5. The van der Waals surface area contributed by atoms with Crippen molar-refractivity contribution in [3.8, 4) is 0 Å². The summed E-state index contributed by atoms with van der Waals surface area (Å²) in [4.78, 5) is 18.8. The van der Waals surface area contributed by atoms with Crippen LogP contribution in [0.15, 0.2) is 10.6 Å². The second kappa shape index (κ2) is 5.99. The summed E-state index contributed by atoms with van der Waals surface area (Å²) < 4.78 is 5.17. The third-order valence-electron chi connectivity index (χ3n) is 3.72. The molecule has 0 aromatic carbocycles. The number of likely N-dealkylation sites (tertiary alicyclic amines) is 1. The van der Waals surface area contributed by atoms with Gasteiger partial charge in [-0.05, 0) is 32.8 Å². The maximum Gasteiger partial charge on any atom is 0.258 e. The Labute approximate surface area is 129 Å². The standard InChI is InChI=1S/C14H18N4O2.ClH/c1-8-6-11(12-9(2)17-20-13(12)16-8)14(19)18-5-3-4-10(15)7-18;/h6,10H,3-5,7,15H2,1-2H3;1H. The van der Waals surface area contributed by atoms with Gasteiger partial charge in [-0.25, -0.2) is 4.98 Å². The predicted molar refractivity (Wildman–Crippen MR) is 81.6 cm³/mol. The van der Waals surface area contributed by atoms with Gasteiger partial charge in [0.05, 0.1) is 16.6 Å². The van der Waals surface area contributed by atoms with Crippen LogP contribution in [0.4, 0.5) is 0 Å². The van der Waals surface area contributed by atoms with Crippen LogP contribution in [0.2, 0.25) is 0 Å². The van der Waals surface area contributed by atoms with Crippen molar-refractivity contribution in [2.75, 3.05) is 13.1 Å². The van der Waals surface area contributed by atoms with E-state index >= 15 is 0 Å². The van der Waals surface area contributed by atoms with Crippen LogP contribution in [0, 0.1) is 13.8 Å². The van der Waals surface area contributed by atoms with Crippen LogP contribution in [-0.2, 0) is 0 Å². The van der Waals surface area contributed by atoms with Crippen LogP contribution >= 0.6 is 12.4 Å². The lowest BCUT2D eigenvalue weighted by atomic mass is 10.0. The highest BCUT2D eigenvalue weighted by atomic mass is 35.5. The first-order valence-corrected chi connectivity index (χ1v) is 6.84. The number of halogens is 1. The van der Waals surface area contributed by atoms with Crippen LogP contribution in [0.5, 0.6) is 0 Å². The summed E-state index contributed by atoms with van der Waals surface area (Å²) in [7, 11) is 0. The maximum absolute atomic E-state index is 12.7. The number of carbonyl (C=O) groups excluding carboxylic acids is 1. The Kier molecular flexibility index (Phi) is 4.49. The zero-order valence-electron chi connectivity index (χ0n) is 12.1.